The van der Waals surface area contributed by atoms with Gasteiger partial charge in [0.25, 0.3) is 0 Å². The molecule has 0 heterocycles. The predicted molar refractivity (Wildman–Crippen MR) is 91.6 cm³/mol. The maximum absolute atomic E-state index is 3.52. The molecule has 0 radical (unpaired) electrons. The number of rotatable bonds is 8. The summed E-state index contributed by atoms with van der Waals surface area (Å²) in [5.41, 5.74) is 1.49. The molecule has 2 heteroatoms. The molecule has 0 aliphatic heterocycles. The molecule has 0 aliphatic carbocycles. The molecule has 0 bridgehead atoms. The van der Waals surface area contributed by atoms with Crippen LogP contribution in [0.5, 0.6) is 0 Å². The zero-order valence-corrected chi connectivity index (χ0v) is 14.4. The molecule has 1 aromatic carbocycles. The van der Waals surface area contributed by atoms with Gasteiger partial charge in [-0.2, -0.15) is 0 Å². The Morgan fingerprint density at radius 1 is 1.11 bits per heavy atom. The largest absolute Gasteiger partial charge is 0.244 e. The molecule has 1 aromatic rings. The lowest BCUT2D eigenvalue weighted by molar-refractivity contribution is 0.796. The SMILES string of the molecule is CC(CCc1ccccc1)S(C)(C)CCCCBr. The van der Waals surface area contributed by atoms with Crippen LogP contribution >= 0.6 is 26.0 Å². The van der Waals surface area contributed by atoms with Crippen LogP contribution in [0.4, 0.5) is 0 Å². The highest BCUT2D eigenvalue weighted by Gasteiger charge is 2.19. The van der Waals surface area contributed by atoms with Crippen LogP contribution in [0.25, 0.3) is 0 Å². The first-order valence-electron chi connectivity index (χ1n) is 6.86. The Labute approximate surface area is 123 Å². The van der Waals surface area contributed by atoms with Gasteiger partial charge in [0.2, 0.25) is 0 Å². The summed E-state index contributed by atoms with van der Waals surface area (Å²) in [6.45, 7) is 2.45. The van der Waals surface area contributed by atoms with Gasteiger partial charge in [-0.1, -0.05) is 53.2 Å². The summed E-state index contributed by atoms with van der Waals surface area (Å²) in [6, 6.07) is 10.9. The van der Waals surface area contributed by atoms with Crippen LogP contribution in [0.3, 0.4) is 0 Å². The molecule has 104 valence electrons. The van der Waals surface area contributed by atoms with Gasteiger partial charge in [-0.15, -0.1) is 0 Å². The van der Waals surface area contributed by atoms with Crippen LogP contribution in [0.15, 0.2) is 30.3 Å². The van der Waals surface area contributed by atoms with Gasteiger partial charge in [0.1, 0.15) is 0 Å². The van der Waals surface area contributed by atoms with Crippen LogP contribution < -0.4 is 0 Å². The van der Waals surface area contributed by atoms with E-state index in [1.807, 2.05) is 0 Å². The number of benzene rings is 1. The van der Waals surface area contributed by atoms with Crippen LogP contribution in [-0.4, -0.2) is 28.8 Å². The fourth-order valence-electron chi connectivity index (χ4n) is 2.10. The van der Waals surface area contributed by atoms with Crippen molar-refractivity contribution in [3.05, 3.63) is 35.9 Å². The van der Waals surface area contributed by atoms with Crippen molar-refractivity contribution in [1.29, 1.82) is 0 Å². The Hall–Kier alpha value is 0.0500. The molecule has 0 aromatic heterocycles. The molecular weight excluding hydrogens is 304 g/mol. The molecular formula is C16H27BrS. The number of hydrogen-bond acceptors (Lipinski definition) is 0. The third-order valence-electron chi connectivity index (χ3n) is 3.83. The van der Waals surface area contributed by atoms with Gasteiger partial charge in [-0.05, 0) is 54.8 Å². The molecule has 0 fully saturated rings. The summed E-state index contributed by atoms with van der Waals surface area (Å²) in [6.07, 6.45) is 10.3. The highest BCUT2D eigenvalue weighted by molar-refractivity contribution is 9.09. The lowest BCUT2D eigenvalue weighted by atomic mass is 10.1. The zero-order valence-electron chi connectivity index (χ0n) is 12.0. The first kappa shape index (κ1) is 16.1. The third kappa shape index (κ3) is 5.79. The van der Waals surface area contributed by atoms with Crippen LogP contribution in [0.1, 0.15) is 31.7 Å². The number of aryl methyl sites for hydroxylation is 1. The molecule has 0 nitrogen and oxygen atoms in total. The van der Waals surface area contributed by atoms with Crippen LogP contribution in [0.2, 0.25) is 0 Å². The van der Waals surface area contributed by atoms with Crippen molar-refractivity contribution < 1.29 is 0 Å². The van der Waals surface area contributed by atoms with E-state index in [-0.39, 0.29) is 0 Å². The lowest BCUT2D eigenvalue weighted by Crippen LogP contribution is -2.17. The minimum absolute atomic E-state index is 0.424. The lowest BCUT2D eigenvalue weighted by Gasteiger charge is -2.38. The van der Waals surface area contributed by atoms with Crippen molar-refractivity contribution in [3.63, 3.8) is 0 Å². The number of alkyl halides is 1. The first-order chi connectivity index (χ1) is 8.56. The van der Waals surface area contributed by atoms with E-state index in [1.54, 1.807) is 0 Å². The van der Waals surface area contributed by atoms with Crippen LogP contribution in [0, 0.1) is 0 Å². The molecule has 0 saturated carbocycles. The van der Waals surface area contributed by atoms with E-state index >= 15 is 0 Å². The normalized spacial score (nSPS) is 14.4. The molecule has 0 aliphatic rings. The average molecular weight is 331 g/mol. The highest BCUT2D eigenvalue weighted by atomic mass is 79.9. The van der Waals surface area contributed by atoms with E-state index in [2.05, 4.69) is 65.7 Å². The minimum atomic E-state index is -0.424. The molecule has 0 saturated heterocycles. The van der Waals surface area contributed by atoms with Crippen molar-refractivity contribution in [1.82, 2.24) is 0 Å². The summed E-state index contributed by atoms with van der Waals surface area (Å²) in [5.74, 6) is 1.43. The van der Waals surface area contributed by atoms with E-state index in [9.17, 15) is 0 Å². The van der Waals surface area contributed by atoms with Gasteiger partial charge < -0.3 is 0 Å². The Balaban J connectivity index is 2.36. The monoisotopic (exact) mass is 330 g/mol. The van der Waals surface area contributed by atoms with Gasteiger partial charge in [0.15, 0.2) is 0 Å². The molecule has 0 N–H and O–H groups in total. The molecule has 0 spiro atoms. The van der Waals surface area contributed by atoms with Gasteiger partial charge in [0, 0.05) is 5.33 Å². The quantitative estimate of drug-likeness (QED) is 0.451. The summed E-state index contributed by atoms with van der Waals surface area (Å²) in [7, 11) is -0.424. The fourth-order valence-corrected chi connectivity index (χ4v) is 4.61. The van der Waals surface area contributed by atoms with Crippen LogP contribution in [-0.2, 0) is 6.42 Å². The van der Waals surface area contributed by atoms with Gasteiger partial charge >= 0.3 is 0 Å². The van der Waals surface area contributed by atoms with Gasteiger partial charge in [0.05, 0.1) is 0 Å². The van der Waals surface area contributed by atoms with Crippen molar-refractivity contribution in [2.45, 2.75) is 37.9 Å². The minimum Gasteiger partial charge on any atom is -0.244 e. The van der Waals surface area contributed by atoms with Crippen molar-refractivity contribution in [3.8, 4) is 0 Å². The topological polar surface area (TPSA) is 0 Å². The molecule has 1 unspecified atom stereocenters. The van der Waals surface area contributed by atoms with Crippen molar-refractivity contribution in [2.24, 2.45) is 0 Å². The van der Waals surface area contributed by atoms with E-state index in [1.165, 1.54) is 37.0 Å². The summed E-state index contributed by atoms with van der Waals surface area (Å²) in [4.78, 5) is 0. The first-order valence-corrected chi connectivity index (χ1v) is 10.7. The van der Waals surface area contributed by atoms with Gasteiger partial charge in [-0.3, -0.25) is 0 Å². The predicted octanol–water partition coefficient (Wildman–Crippen LogP) is 5.25. The molecule has 1 rings (SSSR count). The van der Waals surface area contributed by atoms with E-state index in [4.69, 9.17) is 0 Å². The zero-order chi connectivity index (χ0) is 13.4. The second kappa shape index (κ2) is 8.27. The Bertz CT molecular complexity index is 321. The van der Waals surface area contributed by atoms with Crippen molar-refractivity contribution in [2.75, 3.05) is 23.6 Å². The molecule has 1 atom stereocenters. The second-order valence-electron chi connectivity index (χ2n) is 5.56. The smallest absolute Gasteiger partial charge is 0.00315 e. The summed E-state index contributed by atoms with van der Waals surface area (Å²) >= 11 is 3.52. The Kier molecular flexibility index (Phi) is 7.40. The van der Waals surface area contributed by atoms with E-state index < -0.39 is 10.0 Å². The average Bonchev–Trinajstić information content (AvgIpc) is 2.37. The summed E-state index contributed by atoms with van der Waals surface area (Å²) in [5, 5.41) is 2.02. The summed E-state index contributed by atoms with van der Waals surface area (Å²) < 4.78 is 0. The third-order valence-corrected chi connectivity index (χ3v) is 8.14. The van der Waals surface area contributed by atoms with E-state index in [0.717, 1.165) is 10.6 Å². The second-order valence-corrected chi connectivity index (χ2v) is 10.8. The highest BCUT2D eigenvalue weighted by Crippen LogP contribution is 2.47. The van der Waals surface area contributed by atoms with E-state index in [0.29, 0.717) is 0 Å². The number of hydrogen-bond donors (Lipinski definition) is 0. The fraction of sp³-hybridized carbons (Fsp3) is 0.625. The standard InChI is InChI=1S/C16H27BrS/c1-15(18(2,3)14-8-7-13-17)11-12-16-9-5-4-6-10-16/h4-6,9-10,15H,7-8,11-14H2,1-3H3. The number of halogens is 1. The molecule has 0 amide bonds. The van der Waals surface area contributed by atoms with Crippen molar-refractivity contribution >= 4 is 26.0 Å². The van der Waals surface area contributed by atoms with Gasteiger partial charge in [-0.25, -0.2) is 10.0 Å². The maximum atomic E-state index is 3.52. The maximum Gasteiger partial charge on any atom is 0.00315 e. The molecule has 18 heavy (non-hydrogen) atoms. The Morgan fingerprint density at radius 2 is 1.78 bits per heavy atom. The number of unbranched alkanes of at least 4 members (excludes halogenated alkanes) is 1. The Morgan fingerprint density at radius 3 is 2.39 bits per heavy atom.